The zero-order chi connectivity index (χ0) is 13.3. The number of nitrogens with one attached hydrogen (secondary N) is 1. The SMILES string of the molecule is Cn1c(C(O)NCCO)cc2c(Cl)c(Cl)ccc21. The summed E-state index contributed by atoms with van der Waals surface area (Å²) >= 11 is 12.1. The molecule has 0 saturated carbocycles. The molecule has 6 heteroatoms. The summed E-state index contributed by atoms with van der Waals surface area (Å²) in [7, 11) is 1.84. The number of nitrogens with zero attached hydrogens (tertiary/aromatic N) is 1. The summed E-state index contributed by atoms with van der Waals surface area (Å²) < 4.78 is 1.84. The molecule has 98 valence electrons. The summed E-state index contributed by atoms with van der Waals surface area (Å²) in [5.41, 5.74) is 1.56. The van der Waals surface area contributed by atoms with Crippen molar-refractivity contribution in [2.45, 2.75) is 6.23 Å². The van der Waals surface area contributed by atoms with E-state index >= 15 is 0 Å². The van der Waals surface area contributed by atoms with Crippen molar-refractivity contribution >= 4 is 34.1 Å². The van der Waals surface area contributed by atoms with Crippen LogP contribution in [0, 0.1) is 0 Å². The highest BCUT2D eigenvalue weighted by molar-refractivity contribution is 6.45. The fourth-order valence-electron chi connectivity index (χ4n) is 1.94. The first-order chi connectivity index (χ1) is 8.56. The van der Waals surface area contributed by atoms with Crippen molar-refractivity contribution in [3.8, 4) is 0 Å². The number of hydrogen-bond donors (Lipinski definition) is 3. The van der Waals surface area contributed by atoms with Gasteiger partial charge in [0.15, 0.2) is 0 Å². The minimum absolute atomic E-state index is 0.0341. The Hall–Kier alpha value is -0.780. The van der Waals surface area contributed by atoms with Crippen LogP contribution in [0.3, 0.4) is 0 Å². The minimum Gasteiger partial charge on any atom is -0.395 e. The highest BCUT2D eigenvalue weighted by atomic mass is 35.5. The molecule has 0 radical (unpaired) electrons. The Balaban J connectivity index is 2.47. The van der Waals surface area contributed by atoms with Gasteiger partial charge in [-0.15, -0.1) is 0 Å². The second kappa shape index (κ2) is 5.47. The second-order valence-electron chi connectivity index (χ2n) is 4.00. The zero-order valence-electron chi connectivity index (χ0n) is 9.82. The quantitative estimate of drug-likeness (QED) is 0.755. The van der Waals surface area contributed by atoms with Crippen LogP contribution < -0.4 is 5.32 Å². The lowest BCUT2D eigenvalue weighted by Gasteiger charge is -2.13. The van der Waals surface area contributed by atoms with Crippen LogP contribution >= 0.6 is 23.2 Å². The lowest BCUT2D eigenvalue weighted by molar-refractivity contribution is 0.123. The fraction of sp³-hybridized carbons (Fsp3) is 0.333. The second-order valence-corrected chi connectivity index (χ2v) is 4.79. The van der Waals surface area contributed by atoms with Crippen molar-refractivity contribution in [1.29, 1.82) is 0 Å². The molecule has 4 nitrogen and oxygen atoms in total. The van der Waals surface area contributed by atoms with Crippen LogP contribution in [-0.2, 0) is 7.05 Å². The molecule has 2 rings (SSSR count). The summed E-state index contributed by atoms with van der Waals surface area (Å²) in [6.07, 6.45) is -0.857. The number of aromatic nitrogens is 1. The average Bonchev–Trinajstić information content (AvgIpc) is 2.69. The van der Waals surface area contributed by atoms with Gasteiger partial charge < -0.3 is 14.8 Å². The predicted molar refractivity (Wildman–Crippen MR) is 73.0 cm³/mol. The van der Waals surface area contributed by atoms with E-state index in [4.69, 9.17) is 28.3 Å². The van der Waals surface area contributed by atoms with E-state index in [2.05, 4.69) is 5.32 Å². The number of aliphatic hydroxyl groups excluding tert-OH is 2. The third-order valence-corrected chi connectivity index (χ3v) is 3.70. The highest BCUT2D eigenvalue weighted by Crippen LogP contribution is 2.33. The van der Waals surface area contributed by atoms with Crippen molar-refractivity contribution in [3.63, 3.8) is 0 Å². The van der Waals surface area contributed by atoms with Crippen molar-refractivity contribution in [2.24, 2.45) is 7.05 Å². The standard InChI is InChI=1S/C12H14Cl2N2O2/c1-16-9-3-2-8(13)11(14)7(9)6-10(16)12(18)15-4-5-17/h2-3,6,12,15,17-18H,4-5H2,1H3. The van der Waals surface area contributed by atoms with E-state index in [0.29, 0.717) is 22.3 Å². The topological polar surface area (TPSA) is 57.4 Å². The smallest absolute Gasteiger partial charge is 0.146 e. The van der Waals surface area contributed by atoms with Gasteiger partial charge in [0.2, 0.25) is 0 Å². The maximum atomic E-state index is 9.97. The van der Waals surface area contributed by atoms with Crippen LogP contribution in [0.2, 0.25) is 10.0 Å². The summed E-state index contributed by atoms with van der Waals surface area (Å²) in [4.78, 5) is 0. The first-order valence-corrected chi connectivity index (χ1v) is 6.27. The summed E-state index contributed by atoms with van der Waals surface area (Å²) in [5, 5.41) is 23.3. The number of halogens is 2. The molecule has 0 bridgehead atoms. The molecule has 3 N–H and O–H groups in total. The molecule has 0 spiro atoms. The maximum absolute atomic E-state index is 9.97. The first-order valence-electron chi connectivity index (χ1n) is 5.52. The van der Waals surface area contributed by atoms with E-state index in [9.17, 15) is 5.11 Å². The van der Waals surface area contributed by atoms with Crippen molar-refractivity contribution in [3.05, 3.63) is 33.9 Å². The lowest BCUT2D eigenvalue weighted by Crippen LogP contribution is -2.25. The molecule has 1 atom stereocenters. The van der Waals surface area contributed by atoms with E-state index < -0.39 is 6.23 Å². The van der Waals surface area contributed by atoms with Gasteiger partial charge >= 0.3 is 0 Å². The summed E-state index contributed by atoms with van der Waals surface area (Å²) in [5.74, 6) is 0. The van der Waals surface area contributed by atoms with E-state index in [-0.39, 0.29) is 6.61 Å². The maximum Gasteiger partial charge on any atom is 0.146 e. The highest BCUT2D eigenvalue weighted by Gasteiger charge is 2.16. The molecule has 18 heavy (non-hydrogen) atoms. The van der Waals surface area contributed by atoms with E-state index in [0.717, 1.165) is 10.9 Å². The molecular weight excluding hydrogens is 275 g/mol. The number of aryl methyl sites for hydroxylation is 1. The van der Waals surface area contributed by atoms with Crippen molar-refractivity contribution in [2.75, 3.05) is 13.2 Å². The van der Waals surface area contributed by atoms with Crippen LogP contribution in [0.25, 0.3) is 10.9 Å². The molecule has 0 aliphatic rings. The summed E-state index contributed by atoms with van der Waals surface area (Å²) in [6.45, 7) is 0.283. The predicted octanol–water partition coefficient (Wildman–Crippen LogP) is 2.06. The first kappa shape index (κ1) is 13.6. The average molecular weight is 289 g/mol. The normalized spacial score (nSPS) is 13.2. The molecule has 0 aliphatic carbocycles. The Morgan fingerprint density at radius 2 is 2.11 bits per heavy atom. The van der Waals surface area contributed by atoms with Gasteiger partial charge in [-0.2, -0.15) is 0 Å². The summed E-state index contributed by atoms with van der Waals surface area (Å²) in [6, 6.07) is 5.37. The Morgan fingerprint density at radius 1 is 1.39 bits per heavy atom. The van der Waals surface area contributed by atoms with E-state index in [1.807, 2.05) is 17.7 Å². The third-order valence-electron chi connectivity index (χ3n) is 2.88. The van der Waals surface area contributed by atoms with Crippen molar-refractivity contribution < 1.29 is 10.2 Å². The van der Waals surface area contributed by atoms with E-state index in [1.54, 1.807) is 12.1 Å². The van der Waals surface area contributed by atoms with Gasteiger partial charge in [-0.25, -0.2) is 0 Å². The van der Waals surface area contributed by atoms with Crippen LogP contribution in [0.4, 0.5) is 0 Å². The monoisotopic (exact) mass is 288 g/mol. The largest absolute Gasteiger partial charge is 0.395 e. The number of hydrogen-bond acceptors (Lipinski definition) is 3. The molecule has 0 saturated heterocycles. The van der Waals surface area contributed by atoms with Crippen LogP contribution in [0.15, 0.2) is 18.2 Å². The molecule has 1 aromatic heterocycles. The molecule has 0 fully saturated rings. The molecule has 0 amide bonds. The van der Waals surface area contributed by atoms with Gasteiger partial charge in [-0.1, -0.05) is 23.2 Å². The lowest BCUT2D eigenvalue weighted by atomic mass is 10.2. The van der Waals surface area contributed by atoms with Gasteiger partial charge in [0, 0.05) is 24.5 Å². The van der Waals surface area contributed by atoms with Gasteiger partial charge in [0.1, 0.15) is 6.23 Å². The molecule has 1 heterocycles. The van der Waals surface area contributed by atoms with Crippen LogP contribution in [-0.4, -0.2) is 27.9 Å². The molecular formula is C12H14Cl2N2O2. The Labute approximate surface area is 115 Å². The van der Waals surface area contributed by atoms with Crippen LogP contribution in [0.5, 0.6) is 0 Å². The third kappa shape index (κ3) is 2.35. The van der Waals surface area contributed by atoms with Gasteiger partial charge in [-0.05, 0) is 18.2 Å². The molecule has 1 unspecified atom stereocenters. The minimum atomic E-state index is -0.857. The van der Waals surface area contributed by atoms with Gasteiger partial charge in [0.05, 0.1) is 22.3 Å². The number of rotatable bonds is 4. The van der Waals surface area contributed by atoms with Gasteiger partial charge in [0.25, 0.3) is 0 Å². The number of aliphatic hydroxyl groups is 2. The van der Waals surface area contributed by atoms with E-state index in [1.165, 1.54) is 0 Å². The number of benzene rings is 1. The van der Waals surface area contributed by atoms with Gasteiger partial charge in [-0.3, -0.25) is 5.32 Å². The fourth-order valence-corrected chi connectivity index (χ4v) is 2.32. The Kier molecular flexibility index (Phi) is 4.14. The van der Waals surface area contributed by atoms with Crippen molar-refractivity contribution in [1.82, 2.24) is 9.88 Å². The molecule has 0 aliphatic heterocycles. The zero-order valence-corrected chi connectivity index (χ0v) is 11.3. The Bertz CT molecular complexity index is 569. The number of fused-ring (bicyclic) bond motifs is 1. The Morgan fingerprint density at radius 3 is 2.78 bits per heavy atom. The van der Waals surface area contributed by atoms with Crippen LogP contribution in [0.1, 0.15) is 11.9 Å². The molecule has 2 aromatic rings. The molecule has 1 aromatic carbocycles.